The molecule has 1 N–H and O–H groups in total. The van der Waals surface area contributed by atoms with E-state index in [4.69, 9.17) is 16.3 Å². The van der Waals surface area contributed by atoms with Gasteiger partial charge >= 0.3 is 0 Å². The topological polar surface area (TPSA) is 35.9 Å². The van der Waals surface area contributed by atoms with E-state index < -0.39 is 6.10 Å². The van der Waals surface area contributed by atoms with Gasteiger partial charge in [-0.3, -0.25) is 4.90 Å². The molecule has 0 radical (unpaired) electrons. The van der Waals surface area contributed by atoms with E-state index in [1.165, 1.54) is 0 Å². The third-order valence-electron chi connectivity index (χ3n) is 3.32. The van der Waals surface area contributed by atoms with E-state index in [0.717, 1.165) is 31.9 Å². The highest BCUT2D eigenvalue weighted by atomic mass is 35.5. The summed E-state index contributed by atoms with van der Waals surface area (Å²) in [6, 6.07) is 7.18. The van der Waals surface area contributed by atoms with Crippen molar-refractivity contribution in [2.24, 2.45) is 0 Å². The number of benzene rings is 1. The van der Waals surface area contributed by atoms with Crippen LogP contribution >= 0.6 is 11.6 Å². The minimum Gasteiger partial charge on any atom is -0.491 e. The lowest BCUT2D eigenvalue weighted by Crippen LogP contribution is -2.47. The Labute approximate surface area is 119 Å². The van der Waals surface area contributed by atoms with Gasteiger partial charge in [-0.25, -0.2) is 0 Å². The van der Waals surface area contributed by atoms with Gasteiger partial charge in [0.05, 0.1) is 0 Å². The smallest absolute Gasteiger partial charge is 0.119 e. The zero-order chi connectivity index (χ0) is 13.7. The highest BCUT2D eigenvalue weighted by molar-refractivity contribution is 6.30. The van der Waals surface area contributed by atoms with E-state index >= 15 is 0 Å². The molecule has 1 heterocycles. The molecule has 5 heteroatoms. The summed E-state index contributed by atoms with van der Waals surface area (Å²) in [5.74, 6) is 0.738. The number of aliphatic hydroxyl groups is 1. The number of hydrogen-bond acceptors (Lipinski definition) is 4. The van der Waals surface area contributed by atoms with Crippen molar-refractivity contribution in [3.63, 3.8) is 0 Å². The summed E-state index contributed by atoms with van der Waals surface area (Å²) in [4.78, 5) is 4.57. The molecular formula is C14H21ClN2O2. The second kappa shape index (κ2) is 7.10. The lowest BCUT2D eigenvalue weighted by molar-refractivity contribution is 0.0505. The Hall–Kier alpha value is -0.810. The number of rotatable bonds is 5. The van der Waals surface area contributed by atoms with Crippen molar-refractivity contribution in [1.82, 2.24) is 9.80 Å². The first kappa shape index (κ1) is 14.6. The highest BCUT2D eigenvalue weighted by Crippen LogP contribution is 2.15. The second-order valence-electron chi connectivity index (χ2n) is 5.02. The zero-order valence-electron chi connectivity index (χ0n) is 11.3. The molecule has 1 saturated heterocycles. The van der Waals surface area contributed by atoms with Gasteiger partial charge < -0.3 is 14.7 Å². The molecule has 1 aliphatic rings. The Morgan fingerprint density at radius 2 is 1.84 bits per heavy atom. The molecule has 106 valence electrons. The lowest BCUT2D eigenvalue weighted by atomic mass is 10.3. The maximum Gasteiger partial charge on any atom is 0.119 e. The summed E-state index contributed by atoms with van der Waals surface area (Å²) in [5.41, 5.74) is 0. The van der Waals surface area contributed by atoms with Crippen LogP contribution in [0, 0.1) is 0 Å². The van der Waals surface area contributed by atoms with Crippen LogP contribution in [0.5, 0.6) is 5.75 Å². The third kappa shape index (κ3) is 4.99. The summed E-state index contributed by atoms with van der Waals surface area (Å²) in [6.07, 6.45) is -0.459. The zero-order valence-corrected chi connectivity index (χ0v) is 12.0. The molecule has 0 aliphatic carbocycles. The molecule has 1 fully saturated rings. The van der Waals surface area contributed by atoms with Crippen LogP contribution in [-0.2, 0) is 0 Å². The molecule has 1 aliphatic heterocycles. The molecule has 0 spiro atoms. The van der Waals surface area contributed by atoms with E-state index in [2.05, 4.69) is 16.8 Å². The molecule has 2 rings (SSSR count). The van der Waals surface area contributed by atoms with E-state index in [1.807, 2.05) is 12.1 Å². The molecule has 4 nitrogen and oxygen atoms in total. The van der Waals surface area contributed by atoms with Crippen LogP contribution in [0.15, 0.2) is 24.3 Å². The van der Waals surface area contributed by atoms with E-state index in [-0.39, 0.29) is 0 Å². The summed E-state index contributed by atoms with van der Waals surface area (Å²) >= 11 is 5.80. The summed E-state index contributed by atoms with van der Waals surface area (Å²) in [5, 5.41) is 10.7. The average Bonchev–Trinajstić information content (AvgIpc) is 2.41. The first-order valence-corrected chi connectivity index (χ1v) is 6.98. The van der Waals surface area contributed by atoms with Crippen LogP contribution in [0.3, 0.4) is 0 Å². The van der Waals surface area contributed by atoms with Gasteiger partial charge in [-0.1, -0.05) is 11.6 Å². The molecule has 1 atom stereocenters. The predicted octanol–water partition coefficient (Wildman–Crippen LogP) is 1.33. The van der Waals surface area contributed by atoms with Gasteiger partial charge in [-0.05, 0) is 31.3 Å². The minimum atomic E-state index is -0.459. The van der Waals surface area contributed by atoms with Crippen LogP contribution in [0.25, 0.3) is 0 Å². The van der Waals surface area contributed by atoms with Crippen molar-refractivity contribution in [2.75, 3.05) is 46.4 Å². The maximum atomic E-state index is 9.98. The third-order valence-corrected chi connectivity index (χ3v) is 3.57. The van der Waals surface area contributed by atoms with Gasteiger partial charge in [0.2, 0.25) is 0 Å². The van der Waals surface area contributed by atoms with Crippen molar-refractivity contribution in [3.8, 4) is 5.75 Å². The molecule has 0 aromatic heterocycles. The highest BCUT2D eigenvalue weighted by Gasteiger charge is 2.17. The second-order valence-corrected chi connectivity index (χ2v) is 5.46. The molecule has 0 saturated carbocycles. The minimum absolute atomic E-state index is 0.313. The normalized spacial score (nSPS) is 19.3. The number of β-amino-alcohol motifs (C(OH)–C–C–N with tert-alkyl or cyclic N) is 1. The van der Waals surface area contributed by atoms with Gasteiger partial charge in [-0.2, -0.15) is 0 Å². The summed E-state index contributed by atoms with van der Waals surface area (Å²) in [6.45, 7) is 5.12. The van der Waals surface area contributed by atoms with Gasteiger partial charge in [-0.15, -0.1) is 0 Å². The quantitative estimate of drug-likeness (QED) is 0.885. The van der Waals surface area contributed by atoms with Crippen LogP contribution in [0.4, 0.5) is 0 Å². The first-order valence-electron chi connectivity index (χ1n) is 6.61. The van der Waals surface area contributed by atoms with E-state index in [9.17, 15) is 5.11 Å². The van der Waals surface area contributed by atoms with E-state index in [0.29, 0.717) is 18.2 Å². The number of aliphatic hydroxyl groups excluding tert-OH is 1. The molecular weight excluding hydrogens is 264 g/mol. The number of piperazine rings is 1. The molecule has 0 amide bonds. The van der Waals surface area contributed by atoms with Gasteiger partial charge in [0.25, 0.3) is 0 Å². The molecule has 19 heavy (non-hydrogen) atoms. The van der Waals surface area contributed by atoms with Gasteiger partial charge in [0, 0.05) is 37.7 Å². The predicted molar refractivity (Wildman–Crippen MR) is 76.9 cm³/mol. The lowest BCUT2D eigenvalue weighted by Gasteiger charge is -2.33. The molecule has 1 aromatic carbocycles. The number of likely N-dealkylation sites (N-methyl/N-ethyl adjacent to an activating group) is 1. The van der Waals surface area contributed by atoms with Gasteiger partial charge in [0.15, 0.2) is 0 Å². The fourth-order valence-electron chi connectivity index (χ4n) is 2.10. The van der Waals surface area contributed by atoms with Crippen molar-refractivity contribution < 1.29 is 9.84 Å². The maximum absolute atomic E-state index is 9.98. The molecule has 1 aromatic rings. The van der Waals surface area contributed by atoms with Crippen molar-refractivity contribution in [2.45, 2.75) is 6.10 Å². The molecule has 0 bridgehead atoms. The number of nitrogens with zero attached hydrogens (tertiary/aromatic N) is 2. The monoisotopic (exact) mass is 284 g/mol. The molecule has 0 unspecified atom stereocenters. The standard InChI is InChI=1S/C14H21ClN2O2/c1-16-6-8-17(9-7-16)10-13(18)11-19-14-4-2-12(15)3-5-14/h2-5,13,18H,6-11H2,1H3/t13-/m1/s1. The van der Waals surface area contributed by atoms with Crippen molar-refractivity contribution in [1.29, 1.82) is 0 Å². The van der Waals surface area contributed by atoms with Crippen LogP contribution in [0.1, 0.15) is 0 Å². The SMILES string of the molecule is CN1CCN(C[C@@H](O)COc2ccc(Cl)cc2)CC1. The van der Waals surface area contributed by atoms with Crippen LogP contribution in [-0.4, -0.2) is 67.4 Å². The van der Waals surface area contributed by atoms with Crippen molar-refractivity contribution >= 4 is 11.6 Å². The first-order chi connectivity index (χ1) is 9.13. The number of ether oxygens (including phenoxy) is 1. The Kier molecular flexibility index (Phi) is 5.45. The Morgan fingerprint density at radius 3 is 2.47 bits per heavy atom. The van der Waals surface area contributed by atoms with Gasteiger partial charge in [0.1, 0.15) is 18.5 Å². The fraction of sp³-hybridized carbons (Fsp3) is 0.571. The Balaban J connectivity index is 1.69. The fourth-order valence-corrected chi connectivity index (χ4v) is 2.23. The summed E-state index contributed by atoms with van der Waals surface area (Å²) in [7, 11) is 2.12. The Bertz CT molecular complexity index is 378. The largest absolute Gasteiger partial charge is 0.491 e. The van der Waals surface area contributed by atoms with Crippen LogP contribution < -0.4 is 4.74 Å². The van der Waals surface area contributed by atoms with E-state index in [1.54, 1.807) is 12.1 Å². The van der Waals surface area contributed by atoms with Crippen molar-refractivity contribution in [3.05, 3.63) is 29.3 Å². The van der Waals surface area contributed by atoms with Crippen LogP contribution in [0.2, 0.25) is 5.02 Å². The number of hydrogen-bond donors (Lipinski definition) is 1. The number of halogens is 1. The average molecular weight is 285 g/mol. The Morgan fingerprint density at radius 1 is 1.21 bits per heavy atom. The summed E-state index contributed by atoms with van der Waals surface area (Å²) < 4.78 is 5.54.